The standard InChI is InChI=1S/C16H21N5O/c1-4-11(2)19-15-9-16(18-10-17-15)21-14-7-5-6-13(8-14)20-12(3)22/h5-11H,4H2,1-3H3,(H,20,22)(H2,17,18,19,21). The number of nitrogens with zero attached hydrogens (tertiary/aromatic N) is 2. The third kappa shape index (κ3) is 4.73. The van der Waals surface area contributed by atoms with Gasteiger partial charge in [-0.1, -0.05) is 13.0 Å². The molecule has 0 aliphatic heterocycles. The summed E-state index contributed by atoms with van der Waals surface area (Å²) >= 11 is 0. The van der Waals surface area contributed by atoms with Gasteiger partial charge in [-0.25, -0.2) is 9.97 Å². The lowest BCUT2D eigenvalue weighted by atomic mass is 10.2. The van der Waals surface area contributed by atoms with Crippen LogP contribution in [0, 0.1) is 0 Å². The van der Waals surface area contributed by atoms with Crippen LogP contribution in [0.5, 0.6) is 0 Å². The smallest absolute Gasteiger partial charge is 0.221 e. The summed E-state index contributed by atoms with van der Waals surface area (Å²) in [5.74, 6) is 1.38. The molecular formula is C16H21N5O. The van der Waals surface area contributed by atoms with Crippen molar-refractivity contribution in [2.24, 2.45) is 0 Å². The molecule has 1 aromatic carbocycles. The van der Waals surface area contributed by atoms with E-state index < -0.39 is 0 Å². The van der Waals surface area contributed by atoms with Gasteiger partial charge in [-0.05, 0) is 31.5 Å². The number of hydrogen-bond donors (Lipinski definition) is 3. The number of nitrogens with one attached hydrogen (secondary N) is 3. The summed E-state index contributed by atoms with van der Waals surface area (Å²) in [5, 5.41) is 9.27. The third-order valence-electron chi connectivity index (χ3n) is 3.13. The SMILES string of the molecule is CCC(C)Nc1cc(Nc2cccc(NC(C)=O)c2)ncn1. The largest absolute Gasteiger partial charge is 0.367 e. The van der Waals surface area contributed by atoms with Crippen LogP contribution in [0.25, 0.3) is 0 Å². The second-order valence-electron chi connectivity index (χ2n) is 5.13. The number of amides is 1. The monoisotopic (exact) mass is 299 g/mol. The summed E-state index contributed by atoms with van der Waals surface area (Å²) in [7, 11) is 0. The van der Waals surface area contributed by atoms with E-state index in [0.29, 0.717) is 11.9 Å². The summed E-state index contributed by atoms with van der Waals surface area (Å²) in [6, 6.07) is 9.68. The van der Waals surface area contributed by atoms with Gasteiger partial charge in [0, 0.05) is 30.4 Å². The molecule has 1 aromatic heterocycles. The van der Waals surface area contributed by atoms with Gasteiger partial charge in [0.2, 0.25) is 5.91 Å². The third-order valence-corrected chi connectivity index (χ3v) is 3.13. The first-order chi connectivity index (χ1) is 10.6. The quantitative estimate of drug-likeness (QED) is 0.762. The molecule has 0 spiro atoms. The van der Waals surface area contributed by atoms with Gasteiger partial charge in [0.25, 0.3) is 0 Å². The summed E-state index contributed by atoms with van der Waals surface area (Å²) in [4.78, 5) is 19.5. The fraction of sp³-hybridized carbons (Fsp3) is 0.312. The molecule has 2 aromatic rings. The Morgan fingerprint density at radius 1 is 1.18 bits per heavy atom. The van der Waals surface area contributed by atoms with Crippen LogP contribution >= 0.6 is 0 Å². The number of benzene rings is 1. The van der Waals surface area contributed by atoms with Crippen molar-refractivity contribution in [2.75, 3.05) is 16.0 Å². The van der Waals surface area contributed by atoms with Gasteiger partial charge in [-0.2, -0.15) is 0 Å². The molecule has 1 amide bonds. The normalized spacial score (nSPS) is 11.6. The Morgan fingerprint density at radius 3 is 2.64 bits per heavy atom. The van der Waals surface area contributed by atoms with E-state index >= 15 is 0 Å². The first kappa shape index (κ1) is 15.8. The topological polar surface area (TPSA) is 78.9 Å². The molecular weight excluding hydrogens is 278 g/mol. The second-order valence-corrected chi connectivity index (χ2v) is 5.13. The fourth-order valence-corrected chi connectivity index (χ4v) is 1.88. The highest BCUT2D eigenvalue weighted by Crippen LogP contribution is 2.20. The van der Waals surface area contributed by atoms with Crippen molar-refractivity contribution in [3.05, 3.63) is 36.7 Å². The molecule has 6 nitrogen and oxygen atoms in total. The molecule has 6 heteroatoms. The van der Waals surface area contributed by atoms with E-state index in [0.717, 1.165) is 23.6 Å². The molecule has 116 valence electrons. The summed E-state index contributed by atoms with van der Waals surface area (Å²) in [6.45, 7) is 5.70. The highest BCUT2D eigenvalue weighted by molar-refractivity contribution is 5.89. The van der Waals surface area contributed by atoms with Gasteiger partial charge in [0.15, 0.2) is 0 Å². The van der Waals surface area contributed by atoms with Gasteiger partial charge in [0.1, 0.15) is 18.0 Å². The van der Waals surface area contributed by atoms with Crippen molar-refractivity contribution in [3.63, 3.8) is 0 Å². The Kier molecular flexibility index (Phi) is 5.30. The van der Waals surface area contributed by atoms with E-state index in [9.17, 15) is 4.79 Å². The summed E-state index contributed by atoms with van der Waals surface area (Å²) in [6.07, 6.45) is 2.54. The van der Waals surface area contributed by atoms with E-state index in [1.165, 1.54) is 13.3 Å². The van der Waals surface area contributed by atoms with Gasteiger partial charge < -0.3 is 16.0 Å². The molecule has 0 saturated heterocycles. The average Bonchev–Trinajstić information content (AvgIpc) is 2.47. The minimum atomic E-state index is -0.0979. The summed E-state index contributed by atoms with van der Waals surface area (Å²) in [5.41, 5.74) is 1.59. The van der Waals surface area contributed by atoms with Crippen LogP contribution in [-0.2, 0) is 4.79 Å². The second kappa shape index (κ2) is 7.40. The molecule has 22 heavy (non-hydrogen) atoms. The van der Waals surface area contributed by atoms with Crippen LogP contribution < -0.4 is 16.0 Å². The molecule has 0 aliphatic carbocycles. The molecule has 1 heterocycles. The fourth-order valence-electron chi connectivity index (χ4n) is 1.88. The maximum atomic E-state index is 11.1. The Balaban J connectivity index is 2.10. The van der Waals surface area contributed by atoms with Crippen LogP contribution in [0.4, 0.5) is 23.0 Å². The molecule has 1 unspecified atom stereocenters. The van der Waals surface area contributed by atoms with Gasteiger partial charge >= 0.3 is 0 Å². The summed E-state index contributed by atoms with van der Waals surface area (Å²) < 4.78 is 0. The maximum Gasteiger partial charge on any atom is 0.221 e. The van der Waals surface area contributed by atoms with Crippen LogP contribution in [0.1, 0.15) is 27.2 Å². The number of rotatable bonds is 6. The minimum Gasteiger partial charge on any atom is -0.367 e. The Labute approximate surface area is 130 Å². The van der Waals surface area contributed by atoms with Crippen molar-refractivity contribution in [1.29, 1.82) is 0 Å². The Hall–Kier alpha value is -2.63. The average molecular weight is 299 g/mol. The van der Waals surface area contributed by atoms with E-state index in [1.807, 2.05) is 30.3 Å². The lowest BCUT2D eigenvalue weighted by Gasteiger charge is -2.13. The molecule has 0 radical (unpaired) electrons. The van der Waals surface area contributed by atoms with E-state index in [4.69, 9.17) is 0 Å². The zero-order valence-corrected chi connectivity index (χ0v) is 13.1. The van der Waals surface area contributed by atoms with Gasteiger partial charge in [-0.15, -0.1) is 0 Å². The Bertz CT molecular complexity index is 644. The molecule has 0 aliphatic rings. The van der Waals surface area contributed by atoms with Gasteiger partial charge in [-0.3, -0.25) is 4.79 Å². The van der Waals surface area contributed by atoms with E-state index in [1.54, 1.807) is 0 Å². The predicted molar refractivity (Wildman–Crippen MR) is 89.4 cm³/mol. The maximum absolute atomic E-state index is 11.1. The Morgan fingerprint density at radius 2 is 1.91 bits per heavy atom. The van der Waals surface area contributed by atoms with Crippen LogP contribution in [0.3, 0.4) is 0 Å². The minimum absolute atomic E-state index is 0.0979. The van der Waals surface area contributed by atoms with E-state index in [2.05, 4.69) is 39.8 Å². The van der Waals surface area contributed by atoms with Crippen molar-refractivity contribution >= 4 is 28.9 Å². The lowest BCUT2D eigenvalue weighted by molar-refractivity contribution is -0.114. The molecule has 2 rings (SSSR count). The number of carbonyl (C=O) groups is 1. The highest BCUT2D eigenvalue weighted by atomic mass is 16.1. The van der Waals surface area contributed by atoms with Crippen molar-refractivity contribution in [2.45, 2.75) is 33.2 Å². The van der Waals surface area contributed by atoms with E-state index in [-0.39, 0.29) is 5.91 Å². The zero-order valence-electron chi connectivity index (χ0n) is 13.1. The van der Waals surface area contributed by atoms with Crippen LogP contribution in [0.2, 0.25) is 0 Å². The highest BCUT2D eigenvalue weighted by Gasteiger charge is 2.03. The molecule has 3 N–H and O–H groups in total. The first-order valence-corrected chi connectivity index (χ1v) is 7.30. The van der Waals surface area contributed by atoms with Gasteiger partial charge in [0.05, 0.1) is 0 Å². The number of aromatic nitrogens is 2. The zero-order chi connectivity index (χ0) is 15.9. The van der Waals surface area contributed by atoms with Crippen molar-refractivity contribution < 1.29 is 4.79 Å². The number of carbonyl (C=O) groups excluding carboxylic acids is 1. The molecule has 1 atom stereocenters. The molecule has 0 fully saturated rings. The molecule has 0 saturated carbocycles. The predicted octanol–water partition coefficient (Wildman–Crippen LogP) is 3.39. The lowest BCUT2D eigenvalue weighted by Crippen LogP contribution is -2.14. The number of anilines is 4. The van der Waals surface area contributed by atoms with Crippen molar-refractivity contribution in [3.8, 4) is 0 Å². The first-order valence-electron chi connectivity index (χ1n) is 7.30. The number of hydrogen-bond acceptors (Lipinski definition) is 5. The van der Waals surface area contributed by atoms with Crippen LogP contribution in [0.15, 0.2) is 36.7 Å². The van der Waals surface area contributed by atoms with Crippen LogP contribution in [-0.4, -0.2) is 21.9 Å². The molecule has 0 bridgehead atoms. The van der Waals surface area contributed by atoms with Crippen molar-refractivity contribution in [1.82, 2.24) is 9.97 Å².